The Bertz CT molecular complexity index is 570. The van der Waals surface area contributed by atoms with E-state index < -0.39 is 0 Å². The molecular weight excluding hydrogens is 244 g/mol. The van der Waals surface area contributed by atoms with Crippen molar-refractivity contribution in [1.29, 1.82) is 5.26 Å². The monoisotopic (exact) mass is 256 g/mol. The van der Waals surface area contributed by atoms with Gasteiger partial charge in [0.05, 0.1) is 11.3 Å². The first kappa shape index (κ1) is 12.3. The Hall–Kier alpha value is -2.12. The predicted molar refractivity (Wildman–Crippen MR) is 72.4 cm³/mol. The van der Waals surface area contributed by atoms with Crippen LogP contribution in [0.1, 0.15) is 17.5 Å². The summed E-state index contributed by atoms with van der Waals surface area (Å²) in [4.78, 5) is 11.8. The van der Waals surface area contributed by atoms with Gasteiger partial charge in [0, 0.05) is 6.42 Å². The van der Waals surface area contributed by atoms with Crippen LogP contribution in [0, 0.1) is 11.3 Å². The Labute approximate surface area is 110 Å². The van der Waals surface area contributed by atoms with Gasteiger partial charge in [0.15, 0.2) is 0 Å². The molecule has 0 unspecified atom stereocenters. The zero-order chi connectivity index (χ0) is 12.8. The maximum absolute atomic E-state index is 11.8. The summed E-state index contributed by atoms with van der Waals surface area (Å²) in [6.45, 7) is 0. The molecule has 18 heavy (non-hydrogen) atoms. The highest BCUT2D eigenvalue weighted by molar-refractivity contribution is 7.07. The summed E-state index contributed by atoms with van der Waals surface area (Å²) >= 11 is 1.63. The molecule has 1 aromatic heterocycles. The lowest BCUT2D eigenvalue weighted by atomic mass is 10.1. The number of thiophene rings is 1. The minimum atomic E-state index is -0.0658. The molecule has 0 aliphatic heterocycles. The van der Waals surface area contributed by atoms with E-state index in [4.69, 9.17) is 5.26 Å². The fourth-order valence-corrected chi connectivity index (χ4v) is 2.30. The van der Waals surface area contributed by atoms with Gasteiger partial charge >= 0.3 is 0 Å². The topological polar surface area (TPSA) is 52.9 Å². The number of para-hydroxylation sites is 1. The van der Waals surface area contributed by atoms with E-state index in [9.17, 15) is 4.79 Å². The van der Waals surface area contributed by atoms with Gasteiger partial charge in [0.2, 0.25) is 5.91 Å². The highest BCUT2D eigenvalue weighted by Crippen LogP contribution is 2.14. The summed E-state index contributed by atoms with van der Waals surface area (Å²) in [6.07, 6.45) is 1.15. The van der Waals surface area contributed by atoms with Gasteiger partial charge in [-0.05, 0) is 40.9 Å². The van der Waals surface area contributed by atoms with Crippen molar-refractivity contribution in [1.82, 2.24) is 0 Å². The second kappa shape index (κ2) is 5.99. The SMILES string of the molecule is N#Cc1ccccc1NC(=O)CCc1ccsc1. The molecule has 0 aliphatic rings. The van der Waals surface area contributed by atoms with Crippen LogP contribution in [-0.4, -0.2) is 5.91 Å². The van der Waals surface area contributed by atoms with E-state index in [0.717, 1.165) is 6.42 Å². The third kappa shape index (κ3) is 3.19. The van der Waals surface area contributed by atoms with Gasteiger partial charge < -0.3 is 5.32 Å². The number of anilines is 1. The lowest BCUT2D eigenvalue weighted by Crippen LogP contribution is -2.13. The number of carbonyl (C=O) groups is 1. The number of nitriles is 1. The van der Waals surface area contributed by atoms with Gasteiger partial charge in [0.25, 0.3) is 0 Å². The van der Waals surface area contributed by atoms with E-state index in [0.29, 0.717) is 17.7 Å². The Morgan fingerprint density at radius 1 is 1.33 bits per heavy atom. The smallest absolute Gasteiger partial charge is 0.224 e. The highest BCUT2D eigenvalue weighted by atomic mass is 32.1. The summed E-state index contributed by atoms with van der Waals surface area (Å²) in [5.74, 6) is -0.0658. The normalized spacial score (nSPS) is 9.72. The van der Waals surface area contributed by atoms with Crippen LogP contribution in [0.3, 0.4) is 0 Å². The number of rotatable bonds is 4. The maximum atomic E-state index is 11.8. The van der Waals surface area contributed by atoms with E-state index in [1.807, 2.05) is 16.8 Å². The van der Waals surface area contributed by atoms with E-state index in [2.05, 4.69) is 11.4 Å². The van der Waals surface area contributed by atoms with Crippen molar-refractivity contribution in [3.05, 3.63) is 52.2 Å². The molecule has 0 fully saturated rings. The molecule has 0 spiro atoms. The summed E-state index contributed by atoms with van der Waals surface area (Å²) in [7, 11) is 0. The molecule has 1 aromatic carbocycles. The lowest BCUT2D eigenvalue weighted by molar-refractivity contribution is -0.116. The van der Waals surface area contributed by atoms with Crippen LogP contribution >= 0.6 is 11.3 Å². The van der Waals surface area contributed by atoms with E-state index in [-0.39, 0.29) is 5.91 Å². The third-order valence-corrected chi connectivity index (χ3v) is 3.27. The zero-order valence-corrected chi connectivity index (χ0v) is 10.5. The third-order valence-electron chi connectivity index (χ3n) is 2.54. The van der Waals surface area contributed by atoms with Crippen LogP contribution in [0.25, 0.3) is 0 Å². The Morgan fingerprint density at radius 2 is 2.17 bits per heavy atom. The Balaban J connectivity index is 1.93. The van der Waals surface area contributed by atoms with Gasteiger partial charge in [-0.3, -0.25) is 4.79 Å². The van der Waals surface area contributed by atoms with Gasteiger partial charge in [-0.1, -0.05) is 12.1 Å². The van der Waals surface area contributed by atoms with E-state index in [1.165, 1.54) is 5.56 Å². The van der Waals surface area contributed by atoms with Gasteiger partial charge in [-0.25, -0.2) is 0 Å². The first-order valence-corrected chi connectivity index (χ1v) is 6.54. The number of aryl methyl sites for hydroxylation is 1. The summed E-state index contributed by atoms with van der Waals surface area (Å²) in [5.41, 5.74) is 2.24. The first-order chi connectivity index (χ1) is 8.79. The van der Waals surface area contributed by atoms with E-state index >= 15 is 0 Å². The number of carbonyl (C=O) groups excluding carboxylic acids is 1. The molecule has 0 saturated carbocycles. The summed E-state index contributed by atoms with van der Waals surface area (Å²) < 4.78 is 0. The molecule has 0 saturated heterocycles. The van der Waals surface area contributed by atoms with Gasteiger partial charge in [0.1, 0.15) is 6.07 Å². The van der Waals surface area contributed by atoms with Crippen LogP contribution < -0.4 is 5.32 Å². The van der Waals surface area contributed by atoms with Crippen molar-refractivity contribution in [3.8, 4) is 6.07 Å². The molecule has 0 atom stereocenters. The molecule has 0 radical (unpaired) electrons. The number of amides is 1. The molecule has 0 aliphatic carbocycles. The Kier molecular flexibility index (Phi) is 4.11. The average molecular weight is 256 g/mol. The molecule has 2 rings (SSSR count). The molecule has 2 aromatic rings. The molecule has 1 amide bonds. The van der Waals surface area contributed by atoms with Crippen molar-refractivity contribution in [3.63, 3.8) is 0 Å². The molecule has 1 N–H and O–H groups in total. The van der Waals surface area contributed by atoms with Crippen LogP contribution in [-0.2, 0) is 11.2 Å². The largest absolute Gasteiger partial charge is 0.325 e. The van der Waals surface area contributed by atoms with Gasteiger partial charge in [-0.2, -0.15) is 16.6 Å². The van der Waals surface area contributed by atoms with Gasteiger partial charge in [-0.15, -0.1) is 0 Å². The molecular formula is C14H12N2OS. The van der Waals surface area contributed by atoms with Crippen LogP contribution in [0.5, 0.6) is 0 Å². The second-order valence-corrected chi connectivity index (χ2v) is 4.62. The molecule has 0 bridgehead atoms. The number of nitrogens with one attached hydrogen (secondary N) is 1. The number of hydrogen-bond donors (Lipinski definition) is 1. The van der Waals surface area contributed by atoms with E-state index in [1.54, 1.807) is 35.6 Å². The number of nitrogens with zero attached hydrogens (tertiary/aromatic N) is 1. The average Bonchev–Trinajstić information content (AvgIpc) is 2.90. The lowest BCUT2D eigenvalue weighted by Gasteiger charge is -2.06. The second-order valence-electron chi connectivity index (χ2n) is 3.84. The minimum Gasteiger partial charge on any atom is -0.325 e. The standard InChI is InChI=1S/C14H12N2OS/c15-9-12-3-1-2-4-13(12)16-14(17)6-5-11-7-8-18-10-11/h1-4,7-8,10H,5-6H2,(H,16,17). The number of benzene rings is 1. The first-order valence-electron chi connectivity index (χ1n) is 5.59. The quantitative estimate of drug-likeness (QED) is 0.913. The summed E-state index contributed by atoms with van der Waals surface area (Å²) in [6, 6.07) is 11.1. The molecule has 3 nitrogen and oxygen atoms in total. The predicted octanol–water partition coefficient (Wildman–Crippen LogP) is 3.19. The van der Waals surface area contributed by atoms with Crippen molar-refractivity contribution < 1.29 is 4.79 Å². The maximum Gasteiger partial charge on any atom is 0.224 e. The van der Waals surface area contributed by atoms with Crippen molar-refractivity contribution in [2.75, 3.05) is 5.32 Å². The Morgan fingerprint density at radius 3 is 2.89 bits per heavy atom. The number of hydrogen-bond acceptors (Lipinski definition) is 3. The zero-order valence-electron chi connectivity index (χ0n) is 9.72. The molecule has 90 valence electrons. The molecule has 1 heterocycles. The fraction of sp³-hybridized carbons (Fsp3) is 0.143. The van der Waals surface area contributed by atoms with Crippen molar-refractivity contribution >= 4 is 22.9 Å². The highest BCUT2D eigenvalue weighted by Gasteiger charge is 2.06. The summed E-state index contributed by atoms with van der Waals surface area (Å²) in [5, 5.41) is 15.7. The van der Waals surface area contributed by atoms with Crippen LogP contribution in [0.15, 0.2) is 41.1 Å². The van der Waals surface area contributed by atoms with Crippen molar-refractivity contribution in [2.45, 2.75) is 12.8 Å². The fourth-order valence-electron chi connectivity index (χ4n) is 1.60. The minimum absolute atomic E-state index is 0.0658. The van der Waals surface area contributed by atoms with Crippen LogP contribution in [0.4, 0.5) is 5.69 Å². The van der Waals surface area contributed by atoms with Crippen molar-refractivity contribution in [2.24, 2.45) is 0 Å². The molecule has 4 heteroatoms. The van der Waals surface area contributed by atoms with Crippen LogP contribution in [0.2, 0.25) is 0 Å².